The lowest BCUT2D eigenvalue weighted by Crippen LogP contribution is -2.33. The quantitative estimate of drug-likeness (QED) is 0.580. The Morgan fingerprint density at radius 3 is 2.52 bits per heavy atom. The van der Waals surface area contributed by atoms with Gasteiger partial charge >= 0.3 is 0 Å². The number of hydrogen-bond donors (Lipinski definition) is 2. The van der Waals surface area contributed by atoms with Gasteiger partial charge in [-0.05, 0) is 37.1 Å². The van der Waals surface area contributed by atoms with Crippen LogP contribution in [0.2, 0.25) is 0 Å². The summed E-state index contributed by atoms with van der Waals surface area (Å²) in [7, 11) is -3.17. The molecule has 21 heavy (non-hydrogen) atoms. The van der Waals surface area contributed by atoms with E-state index in [2.05, 4.69) is 5.32 Å². The van der Waals surface area contributed by atoms with Gasteiger partial charge in [0.25, 0.3) is 5.91 Å². The van der Waals surface area contributed by atoms with Gasteiger partial charge in [-0.3, -0.25) is 4.79 Å². The molecule has 0 saturated carbocycles. The second kappa shape index (κ2) is 7.42. The number of nitrogens with one attached hydrogen (secondary N) is 1. The second-order valence-electron chi connectivity index (χ2n) is 5.00. The van der Waals surface area contributed by atoms with Crippen LogP contribution in [0.3, 0.4) is 0 Å². The van der Waals surface area contributed by atoms with E-state index in [0.29, 0.717) is 37.3 Å². The van der Waals surface area contributed by atoms with Crippen molar-refractivity contribution in [1.29, 1.82) is 0 Å². The Hall–Kier alpha value is -1.60. The predicted molar refractivity (Wildman–Crippen MR) is 84.6 cm³/mol. The number of aryl methyl sites for hydroxylation is 1. The van der Waals surface area contributed by atoms with Gasteiger partial charge in [-0.1, -0.05) is 6.92 Å². The Labute approximate surface area is 126 Å². The van der Waals surface area contributed by atoms with E-state index in [1.807, 2.05) is 6.92 Å². The third kappa shape index (κ3) is 5.73. The zero-order valence-corrected chi connectivity index (χ0v) is 13.5. The fourth-order valence-electron chi connectivity index (χ4n) is 2.06. The molecule has 0 atom stereocenters. The summed E-state index contributed by atoms with van der Waals surface area (Å²) in [6, 6.07) is 5.18. The molecule has 0 heterocycles. The summed E-state index contributed by atoms with van der Waals surface area (Å²) < 4.78 is 24.2. The highest BCUT2D eigenvalue weighted by Gasteiger charge is 2.13. The zero-order valence-electron chi connectivity index (χ0n) is 12.7. The van der Waals surface area contributed by atoms with Gasteiger partial charge in [0.05, 0.1) is 6.26 Å². The summed E-state index contributed by atoms with van der Waals surface area (Å²) >= 11 is 0. The number of carbonyl (C=O) groups excluding carboxylic acids is 1. The minimum Gasteiger partial charge on any atom is -0.399 e. The van der Waals surface area contributed by atoms with Gasteiger partial charge in [0.15, 0.2) is 0 Å². The van der Waals surface area contributed by atoms with E-state index in [4.69, 9.17) is 5.73 Å². The molecule has 0 saturated heterocycles. The highest BCUT2D eigenvalue weighted by molar-refractivity contribution is 7.88. The number of rotatable bonds is 7. The molecule has 0 unspecified atom stereocenters. The van der Waals surface area contributed by atoms with Gasteiger partial charge in [0.2, 0.25) is 10.0 Å². The van der Waals surface area contributed by atoms with Crippen LogP contribution in [-0.2, 0) is 10.0 Å². The number of anilines is 1. The molecule has 1 rings (SSSR count). The van der Waals surface area contributed by atoms with Gasteiger partial charge in [-0.25, -0.2) is 12.7 Å². The van der Waals surface area contributed by atoms with E-state index in [1.165, 1.54) is 10.6 Å². The molecule has 0 spiro atoms. The number of nitrogens with two attached hydrogens (primary N) is 1. The summed E-state index contributed by atoms with van der Waals surface area (Å²) in [5.74, 6) is -0.201. The molecule has 7 heteroatoms. The first-order valence-corrected chi connectivity index (χ1v) is 8.69. The maximum absolute atomic E-state index is 12.0. The van der Waals surface area contributed by atoms with E-state index >= 15 is 0 Å². The number of amides is 1. The number of hydrogen-bond acceptors (Lipinski definition) is 4. The summed E-state index contributed by atoms with van der Waals surface area (Å²) in [6.07, 6.45) is 1.75. The lowest BCUT2D eigenvalue weighted by molar-refractivity contribution is 0.0952. The molecule has 0 aliphatic heterocycles. The van der Waals surface area contributed by atoms with Gasteiger partial charge in [-0.15, -0.1) is 0 Å². The lowest BCUT2D eigenvalue weighted by Gasteiger charge is -2.17. The minimum absolute atomic E-state index is 0.201. The highest BCUT2D eigenvalue weighted by atomic mass is 32.2. The van der Waals surface area contributed by atoms with E-state index in [-0.39, 0.29) is 5.91 Å². The molecule has 1 aromatic rings. The van der Waals surface area contributed by atoms with E-state index in [1.54, 1.807) is 25.1 Å². The standard InChI is InChI=1S/C14H23N3O3S/c1-4-17(21(3,19)20)7-5-6-16-14(18)12-8-11(2)9-13(15)10-12/h8-10H,4-7,15H2,1-3H3,(H,16,18). The van der Waals surface area contributed by atoms with Crippen molar-refractivity contribution in [1.82, 2.24) is 9.62 Å². The molecule has 0 bridgehead atoms. The predicted octanol–water partition coefficient (Wildman–Crippen LogP) is 0.979. The highest BCUT2D eigenvalue weighted by Crippen LogP contribution is 2.11. The maximum Gasteiger partial charge on any atom is 0.251 e. The average Bonchev–Trinajstić information content (AvgIpc) is 2.35. The van der Waals surface area contributed by atoms with Crippen LogP contribution in [0.25, 0.3) is 0 Å². The maximum atomic E-state index is 12.0. The van der Waals surface area contributed by atoms with Crippen molar-refractivity contribution in [3.63, 3.8) is 0 Å². The van der Waals surface area contributed by atoms with Crippen LogP contribution in [-0.4, -0.2) is 44.5 Å². The lowest BCUT2D eigenvalue weighted by atomic mass is 10.1. The van der Waals surface area contributed by atoms with E-state index in [0.717, 1.165) is 5.56 Å². The van der Waals surface area contributed by atoms with Crippen LogP contribution in [0.5, 0.6) is 0 Å². The molecular formula is C14H23N3O3S. The van der Waals surface area contributed by atoms with Gasteiger partial charge in [-0.2, -0.15) is 0 Å². The first-order valence-electron chi connectivity index (χ1n) is 6.84. The first-order chi connectivity index (χ1) is 9.74. The normalized spacial score (nSPS) is 11.6. The van der Waals surface area contributed by atoms with Crippen LogP contribution in [0.1, 0.15) is 29.3 Å². The van der Waals surface area contributed by atoms with Crippen molar-refractivity contribution in [3.8, 4) is 0 Å². The average molecular weight is 313 g/mol. The molecule has 0 fully saturated rings. The smallest absolute Gasteiger partial charge is 0.251 e. The van der Waals surface area contributed by atoms with E-state index < -0.39 is 10.0 Å². The van der Waals surface area contributed by atoms with Gasteiger partial charge in [0.1, 0.15) is 0 Å². The Morgan fingerprint density at radius 2 is 2.00 bits per heavy atom. The summed E-state index contributed by atoms with van der Waals surface area (Å²) in [4.78, 5) is 12.0. The van der Waals surface area contributed by atoms with Crippen LogP contribution < -0.4 is 11.1 Å². The van der Waals surface area contributed by atoms with Crippen molar-refractivity contribution in [2.45, 2.75) is 20.3 Å². The van der Waals surface area contributed by atoms with Crippen molar-refractivity contribution in [2.75, 3.05) is 31.6 Å². The summed E-state index contributed by atoms with van der Waals surface area (Å²) in [5, 5.41) is 2.77. The fourth-order valence-corrected chi connectivity index (χ4v) is 2.99. The summed E-state index contributed by atoms with van der Waals surface area (Å²) in [6.45, 7) is 4.90. The largest absolute Gasteiger partial charge is 0.399 e. The second-order valence-corrected chi connectivity index (χ2v) is 6.98. The Balaban J connectivity index is 2.47. The SMILES string of the molecule is CCN(CCCNC(=O)c1cc(C)cc(N)c1)S(C)(=O)=O. The third-order valence-corrected chi connectivity index (χ3v) is 4.43. The van der Waals surface area contributed by atoms with E-state index in [9.17, 15) is 13.2 Å². The molecule has 1 amide bonds. The number of sulfonamides is 1. The van der Waals surface area contributed by atoms with Crippen molar-refractivity contribution >= 4 is 21.6 Å². The zero-order chi connectivity index (χ0) is 16.0. The van der Waals surface area contributed by atoms with Crippen molar-refractivity contribution in [2.24, 2.45) is 0 Å². The van der Waals surface area contributed by atoms with Gasteiger partial charge in [0, 0.05) is 30.9 Å². The molecular weight excluding hydrogens is 290 g/mol. The van der Waals surface area contributed by atoms with Crippen LogP contribution in [0.4, 0.5) is 5.69 Å². The third-order valence-electron chi connectivity index (χ3n) is 3.05. The summed E-state index contributed by atoms with van der Waals surface area (Å²) in [5.41, 5.74) is 7.70. The van der Waals surface area contributed by atoms with Crippen LogP contribution >= 0.6 is 0 Å². The first kappa shape index (κ1) is 17.5. The van der Waals surface area contributed by atoms with Crippen LogP contribution in [0.15, 0.2) is 18.2 Å². The molecule has 1 aromatic carbocycles. The Kier molecular flexibility index (Phi) is 6.17. The molecule has 3 N–H and O–H groups in total. The number of nitrogen functional groups attached to an aromatic ring is 1. The minimum atomic E-state index is -3.17. The van der Waals surface area contributed by atoms with Gasteiger partial charge < -0.3 is 11.1 Å². The molecule has 6 nitrogen and oxygen atoms in total. The number of carbonyl (C=O) groups is 1. The molecule has 0 aromatic heterocycles. The van der Waals surface area contributed by atoms with Crippen molar-refractivity contribution < 1.29 is 13.2 Å². The topological polar surface area (TPSA) is 92.5 Å². The number of benzene rings is 1. The Bertz CT molecular complexity index is 579. The monoisotopic (exact) mass is 313 g/mol. The molecule has 0 radical (unpaired) electrons. The molecule has 118 valence electrons. The number of nitrogens with zero attached hydrogens (tertiary/aromatic N) is 1. The molecule has 0 aliphatic rings. The molecule has 0 aliphatic carbocycles. The van der Waals surface area contributed by atoms with Crippen molar-refractivity contribution in [3.05, 3.63) is 29.3 Å². The van der Waals surface area contributed by atoms with Crippen LogP contribution in [0, 0.1) is 6.92 Å². The Morgan fingerprint density at radius 1 is 1.33 bits per heavy atom. The fraction of sp³-hybridized carbons (Fsp3) is 0.500.